The lowest BCUT2D eigenvalue weighted by atomic mass is 10.0. The van der Waals surface area contributed by atoms with Crippen LogP contribution >= 0.6 is 15.9 Å². The largest absolute Gasteiger partial charge is 0.435 e. The van der Waals surface area contributed by atoms with Gasteiger partial charge in [0.25, 0.3) is 11.8 Å². The van der Waals surface area contributed by atoms with E-state index < -0.39 is 17.9 Å². The van der Waals surface area contributed by atoms with Gasteiger partial charge in [-0.05, 0) is 29.0 Å². The van der Waals surface area contributed by atoms with E-state index in [9.17, 15) is 14.4 Å². The van der Waals surface area contributed by atoms with Gasteiger partial charge in [-0.2, -0.15) is 0 Å². The fraction of sp³-hybridized carbons (Fsp3) is 0.471. The molecule has 0 aromatic heterocycles. The second-order valence-corrected chi connectivity index (χ2v) is 8.01. The molecule has 0 radical (unpaired) electrons. The molecule has 1 saturated heterocycles. The Labute approximate surface area is 147 Å². The molecule has 3 aliphatic rings. The molecule has 7 heteroatoms. The van der Waals surface area contributed by atoms with Crippen LogP contribution < -0.4 is 0 Å². The predicted molar refractivity (Wildman–Crippen MR) is 87.4 cm³/mol. The summed E-state index contributed by atoms with van der Waals surface area (Å²) in [4.78, 5) is 43.5. The van der Waals surface area contributed by atoms with E-state index in [0.717, 1.165) is 10.0 Å². The Morgan fingerprint density at radius 3 is 2.58 bits per heavy atom. The quantitative estimate of drug-likeness (QED) is 0.688. The van der Waals surface area contributed by atoms with E-state index in [2.05, 4.69) is 15.9 Å². The maximum atomic E-state index is 12.4. The van der Waals surface area contributed by atoms with Crippen LogP contribution in [0.5, 0.6) is 0 Å². The number of hydroxylamine groups is 2. The molecule has 24 heavy (non-hydrogen) atoms. The summed E-state index contributed by atoms with van der Waals surface area (Å²) < 4.78 is 1.03. The number of carbonyl (C=O) groups excluding carboxylic acids is 3. The summed E-state index contributed by atoms with van der Waals surface area (Å²) in [6.07, 6.45) is 0.0490. The second-order valence-electron chi connectivity index (χ2n) is 7.15. The normalized spacial score (nSPS) is 27.0. The van der Waals surface area contributed by atoms with Gasteiger partial charge in [0.15, 0.2) is 0 Å². The van der Waals surface area contributed by atoms with E-state index >= 15 is 0 Å². The van der Waals surface area contributed by atoms with E-state index in [4.69, 9.17) is 4.84 Å². The summed E-state index contributed by atoms with van der Waals surface area (Å²) in [6.45, 7) is 4.67. The third kappa shape index (κ3) is 2.10. The van der Waals surface area contributed by atoms with Crippen molar-refractivity contribution in [3.8, 4) is 0 Å². The van der Waals surface area contributed by atoms with Gasteiger partial charge < -0.3 is 9.74 Å². The van der Waals surface area contributed by atoms with Crippen LogP contribution in [0.1, 0.15) is 25.0 Å². The van der Waals surface area contributed by atoms with E-state index in [1.165, 1.54) is 10.5 Å². The monoisotopic (exact) mass is 392 g/mol. The van der Waals surface area contributed by atoms with Gasteiger partial charge >= 0.3 is 6.09 Å². The van der Waals surface area contributed by atoms with Crippen LogP contribution in [0.25, 0.3) is 0 Å². The SMILES string of the molecule is CC1(C)C2C(=O)N(OC(=O)N3CCc4c(Br)cccc4C3)C(=O)C21. The summed E-state index contributed by atoms with van der Waals surface area (Å²) in [7, 11) is 0. The number of carbonyl (C=O) groups is 3. The summed E-state index contributed by atoms with van der Waals surface area (Å²) in [6, 6.07) is 5.85. The molecule has 2 unspecified atom stereocenters. The summed E-state index contributed by atoms with van der Waals surface area (Å²) in [5, 5.41) is 0.666. The van der Waals surface area contributed by atoms with Gasteiger partial charge in [0, 0.05) is 17.6 Å². The molecule has 0 bridgehead atoms. The molecule has 6 nitrogen and oxygen atoms in total. The maximum Gasteiger partial charge on any atom is 0.435 e. The molecular weight excluding hydrogens is 376 g/mol. The van der Waals surface area contributed by atoms with Gasteiger partial charge in [-0.15, -0.1) is 5.06 Å². The third-order valence-electron chi connectivity index (χ3n) is 5.40. The number of rotatable bonds is 1. The molecule has 0 spiro atoms. The second kappa shape index (κ2) is 5.05. The third-order valence-corrected chi connectivity index (χ3v) is 6.14. The summed E-state index contributed by atoms with van der Waals surface area (Å²) in [5.41, 5.74) is 1.90. The Hall–Kier alpha value is -1.89. The maximum absolute atomic E-state index is 12.4. The van der Waals surface area contributed by atoms with Gasteiger partial charge in [0.05, 0.1) is 11.8 Å². The van der Waals surface area contributed by atoms with Gasteiger partial charge in [0.2, 0.25) is 0 Å². The lowest BCUT2D eigenvalue weighted by molar-refractivity contribution is -0.179. The van der Waals surface area contributed by atoms with E-state index in [1.54, 1.807) is 0 Å². The van der Waals surface area contributed by atoms with Crippen molar-refractivity contribution in [3.05, 3.63) is 33.8 Å². The van der Waals surface area contributed by atoms with Crippen molar-refractivity contribution in [2.75, 3.05) is 6.54 Å². The zero-order valence-corrected chi connectivity index (χ0v) is 15.0. The first-order valence-corrected chi connectivity index (χ1v) is 8.72. The number of piperidine rings is 1. The highest BCUT2D eigenvalue weighted by Gasteiger charge is 2.74. The number of imide groups is 1. The first kappa shape index (κ1) is 15.6. The molecule has 1 saturated carbocycles. The summed E-state index contributed by atoms with van der Waals surface area (Å²) >= 11 is 3.52. The molecule has 3 amide bonds. The molecule has 4 rings (SSSR count). The lowest BCUT2D eigenvalue weighted by Gasteiger charge is -2.30. The Kier molecular flexibility index (Phi) is 3.29. The topological polar surface area (TPSA) is 66.9 Å². The van der Waals surface area contributed by atoms with Crippen LogP contribution in [0.3, 0.4) is 0 Å². The fourth-order valence-electron chi connectivity index (χ4n) is 3.87. The first-order valence-electron chi connectivity index (χ1n) is 7.93. The Morgan fingerprint density at radius 2 is 1.92 bits per heavy atom. The van der Waals surface area contributed by atoms with Crippen LogP contribution in [0.2, 0.25) is 0 Å². The van der Waals surface area contributed by atoms with Crippen molar-refractivity contribution < 1.29 is 19.2 Å². The molecule has 2 fully saturated rings. The van der Waals surface area contributed by atoms with Crippen molar-refractivity contribution in [2.24, 2.45) is 17.3 Å². The van der Waals surface area contributed by atoms with Gasteiger partial charge in [0.1, 0.15) is 0 Å². The van der Waals surface area contributed by atoms with Crippen molar-refractivity contribution in [1.82, 2.24) is 9.96 Å². The zero-order valence-electron chi connectivity index (χ0n) is 13.4. The minimum atomic E-state index is -0.651. The molecule has 0 N–H and O–H groups in total. The highest BCUT2D eigenvalue weighted by Crippen LogP contribution is 2.63. The minimum Gasteiger partial charge on any atom is -0.311 e. The Bertz CT molecular complexity index is 752. The highest BCUT2D eigenvalue weighted by molar-refractivity contribution is 9.10. The van der Waals surface area contributed by atoms with Gasteiger partial charge in [-0.25, -0.2) is 4.79 Å². The van der Waals surface area contributed by atoms with Crippen LogP contribution in [-0.4, -0.2) is 34.4 Å². The van der Waals surface area contributed by atoms with Crippen molar-refractivity contribution >= 4 is 33.8 Å². The molecular formula is C17H17BrN2O4. The smallest absolute Gasteiger partial charge is 0.311 e. The highest BCUT2D eigenvalue weighted by atomic mass is 79.9. The van der Waals surface area contributed by atoms with Crippen LogP contribution in [0.15, 0.2) is 22.7 Å². The standard InChI is InChI=1S/C17H17BrN2O4/c1-17(2)12-13(17)15(22)20(14(12)21)24-16(23)19-7-6-10-9(8-19)4-3-5-11(10)18/h3-5,12-13H,6-8H2,1-2H3. The predicted octanol–water partition coefficient (Wildman–Crippen LogP) is 2.50. The molecule has 2 atom stereocenters. The van der Waals surface area contributed by atoms with E-state index in [1.807, 2.05) is 32.0 Å². The average Bonchev–Trinajstić information content (AvgIpc) is 3.02. The Balaban J connectivity index is 1.45. The molecule has 2 heterocycles. The summed E-state index contributed by atoms with van der Waals surface area (Å²) in [5.74, 6) is -1.50. The Morgan fingerprint density at radius 1 is 1.25 bits per heavy atom. The van der Waals surface area contributed by atoms with Gasteiger partial charge in [-0.1, -0.05) is 41.9 Å². The van der Waals surface area contributed by atoms with Crippen LogP contribution in [0, 0.1) is 17.3 Å². The first-order chi connectivity index (χ1) is 11.3. The van der Waals surface area contributed by atoms with Crippen LogP contribution in [0.4, 0.5) is 4.79 Å². The lowest BCUT2D eigenvalue weighted by Crippen LogP contribution is -2.44. The average molecular weight is 393 g/mol. The number of hydrogen-bond acceptors (Lipinski definition) is 4. The van der Waals surface area contributed by atoms with E-state index in [-0.39, 0.29) is 17.3 Å². The number of fused-ring (bicyclic) bond motifs is 2. The molecule has 2 aliphatic heterocycles. The van der Waals surface area contributed by atoms with Gasteiger partial charge in [-0.3, -0.25) is 9.59 Å². The van der Waals surface area contributed by atoms with Crippen molar-refractivity contribution in [3.63, 3.8) is 0 Å². The van der Waals surface area contributed by atoms with E-state index in [0.29, 0.717) is 24.6 Å². The number of hydrogen-bond donors (Lipinski definition) is 0. The number of benzene rings is 1. The molecule has 1 aliphatic carbocycles. The van der Waals surface area contributed by atoms with Crippen LogP contribution in [-0.2, 0) is 27.4 Å². The molecule has 1 aromatic carbocycles. The fourth-order valence-corrected chi connectivity index (χ4v) is 4.47. The number of halogens is 1. The molecule has 1 aromatic rings. The van der Waals surface area contributed by atoms with Crippen molar-refractivity contribution in [2.45, 2.75) is 26.8 Å². The number of amides is 3. The zero-order chi connectivity index (χ0) is 17.2. The minimum absolute atomic E-state index is 0.312. The number of nitrogens with zero attached hydrogens (tertiary/aromatic N) is 2. The van der Waals surface area contributed by atoms with Crippen molar-refractivity contribution in [1.29, 1.82) is 0 Å². The molecule has 126 valence electrons.